The minimum absolute atomic E-state index is 0.225. The Morgan fingerprint density at radius 3 is 2.45 bits per heavy atom. The van der Waals surface area contributed by atoms with Crippen LogP contribution in [0.25, 0.3) is 0 Å². The molecule has 0 aromatic carbocycles. The number of aliphatic hydroxyl groups is 3. The second kappa shape index (κ2) is 3.54. The maximum Gasteiger partial charge on any atom is 0.648 e. The zero-order chi connectivity index (χ0) is 8.43. The SMILES string of the molecule is [B][OH+]C[C@H]1O[C@@H](C)C(O)C1O. The van der Waals surface area contributed by atoms with Gasteiger partial charge in [0.15, 0.2) is 6.10 Å². The molecule has 1 fully saturated rings. The van der Waals surface area contributed by atoms with E-state index in [0.717, 1.165) is 0 Å². The first-order chi connectivity index (χ1) is 5.16. The van der Waals surface area contributed by atoms with Gasteiger partial charge in [0, 0.05) is 0 Å². The molecule has 4 nitrogen and oxygen atoms in total. The molecule has 5 heteroatoms. The van der Waals surface area contributed by atoms with Crippen molar-refractivity contribution in [3.63, 3.8) is 0 Å². The minimum Gasteiger partial charge on any atom is -0.539 e. The first-order valence-electron chi connectivity index (χ1n) is 3.55. The van der Waals surface area contributed by atoms with Gasteiger partial charge < -0.3 is 19.6 Å². The largest absolute Gasteiger partial charge is 0.648 e. The van der Waals surface area contributed by atoms with E-state index in [4.69, 9.17) is 12.8 Å². The van der Waals surface area contributed by atoms with Crippen LogP contribution in [-0.4, -0.2) is 53.9 Å². The minimum atomic E-state index is -0.864. The molecule has 1 rings (SSSR count). The Bertz CT molecular complexity index is 132. The van der Waals surface area contributed by atoms with E-state index in [0.29, 0.717) is 0 Å². The third kappa shape index (κ3) is 1.73. The molecule has 0 aliphatic carbocycles. The highest BCUT2D eigenvalue weighted by molar-refractivity contribution is 5.96. The van der Waals surface area contributed by atoms with Gasteiger partial charge in [0.1, 0.15) is 18.8 Å². The zero-order valence-corrected chi connectivity index (χ0v) is 6.34. The molecule has 0 aromatic heterocycles. The molecular weight excluding hydrogens is 147 g/mol. The van der Waals surface area contributed by atoms with Crippen molar-refractivity contribution in [3.8, 4) is 0 Å². The molecule has 0 saturated carbocycles. The van der Waals surface area contributed by atoms with Gasteiger partial charge in [-0.2, -0.15) is 0 Å². The third-order valence-corrected chi connectivity index (χ3v) is 1.89. The molecule has 0 bridgehead atoms. The van der Waals surface area contributed by atoms with Crippen LogP contribution in [0.2, 0.25) is 0 Å². The lowest BCUT2D eigenvalue weighted by Crippen LogP contribution is -2.34. The molecule has 1 aliphatic heterocycles. The van der Waals surface area contributed by atoms with Crippen molar-refractivity contribution in [2.45, 2.75) is 31.3 Å². The lowest BCUT2D eigenvalue weighted by atomic mass is 10.1. The smallest absolute Gasteiger partial charge is 0.539 e. The Hall–Kier alpha value is -0.0951. The topological polar surface area (TPSA) is 62.5 Å². The monoisotopic (exact) mass is 159 g/mol. The van der Waals surface area contributed by atoms with Crippen molar-refractivity contribution in [2.75, 3.05) is 6.61 Å². The summed E-state index contributed by atoms with van der Waals surface area (Å²) in [7, 11) is 4.91. The maximum absolute atomic E-state index is 9.27. The van der Waals surface area contributed by atoms with Crippen molar-refractivity contribution in [1.82, 2.24) is 0 Å². The van der Waals surface area contributed by atoms with E-state index in [-0.39, 0.29) is 12.7 Å². The summed E-state index contributed by atoms with van der Waals surface area (Å²) in [6.45, 7) is 1.92. The van der Waals surface area contributed by atoms with Crippen molar-refractivity contribution < 1.29 is 19.6 Å². The molecule has 11 heavy (non-hydrogen) atoms. The lowest BCUT2D eigenvalue weighted by molar-refractivity contribution is -0.0414. The van der Waals surface area contributed by atoms with Crippen LogP contribution in [0, 0.1) is 0 Å². The normalized spacial score (nSPS) is 44.6. The number of hydrogen-bond acceptors (Lipinski definition) is 3. The standard InChI is InChI=1S/C6H12BO4/c1-3-5(8)6(9)4(11-3)2-10-7/h3-6,8-10H,2H2,1H3/q+1/t3-,4+,5?,6?/m0/s1. The summed E-state index contributed by atoms with van der Waals surface area (Å²) >= 11 is 0. The van der Waals surface area contributed by atoms with Gasteiger partial charge in [0.2, 0.25) is 0 Å². The van der Waals surface area contributed by atoms with Crippen LogP contribution >= 0.6 is 0 Å². The molecule has 1 aliphatic rings. The Morgan fingerprint density at radius 1 is 1.45 bits per heavy atom. The molecule has 0 amide bonds. The molecule has 0 aromatic rings. The number of rotatable bonds is 2. The Balaban J connectivity index is 2.45. The summed E-state index contributed by atoms with van der Waals surface area (Å²) in [5.74, 6) is 0. The number of ether oxygens (including phenoxy) is 1. The van der Waals surface area contributed by atoms with Gasteiger partial charge in [-0.25, -0.2) is 0 Å². The first-order valence-corrected chi connectivity index (χ1v) is 3.55. The Morgan fingerprint density at radius 2 is 2.09 bits per heavy atom. The molecule has 1 heterocycles. The van der Waals surface area contributed by atoms with E-state index < -0.39 is 18.3 Å². The summed E-state index contributed by atoms with van der Waals surface area (Å²) < 4.78 is 8.49. The van der Waals surface area contributed by atoms with Crippen molar-refractivity contribution in [1.29, 1.82) is 0 Å². The van der Waals surface area contributed by atoms with Crippen molar-refractivity contribution in [2.24, 2.45) is 0 Å². The van der Waals surface area contributed by atoms with E-state index in [1.54, 1.807) is 6.92 Å². The summed E-state index contributed by atoms with van der Waals surface area (Å²) in [5.41, 5.74) is 0. The van der Waals surface area contributed by atoms with E-state index in [1.165, 1.54) is 0 Å². The zero-order valence-electron chi connectivity index (χ0n) is 6.34. The van der Waals surface area contributed by atoms with Crippen molar-refractivity contribution >= 4 is 8.05 Å². The maximum atomic E-state index is 9.27. The third-order valence-electron chi connectivity index (χ3n) is 1.89. The van der Waals surface area contributed by atoms with Crippen LogP contribution in [0.1, 0.15) is 6.92 Å². The highest BCUT2D eigenvalue weighted by Gasteiger charge is 2.41. The average Bonchev–Trinajstić information content (AvgIpc) is 2.19. The van der Waals surface area contributed by atoms with Gasteiger partial charge in [0.05, 0.1) is 6.10 Å². The van der Waals surface area contributed by atoms with E-state index >= 15 is 0 Å². The Labute approximate surface area is 66.6 Å². The van der Waals surface area contributed by atoms with Gasteiger partial charge in [0.25, 0.3) is 0 Å². The second-order valence-electron chi connectivity index (χ2n) is 2.73. The molecular formula is C6H12BO4+. The fourth-order valence-corrected chi connectivity index (χ4v) is 1.19. The van der Waals surface area contributed by atoms with Gasteiger partial charge in [-0.1, -0.05) is 0 Å². The molecule has 62 valence electrons. The van der Waals surface area contributed by atoms with Gasteiger partial charge in [-0.05, 0) is 6.92 Å². The fourth-order valence-electron chi connectivity index (χ4n) is 1.19. The van der Waals surface area contributed by atoms with Gasteiger partial charge in [-0.3, -0.25) is 0 Å². The first kappa shape index (κ1) is 9.00. The van der Waals surface area contributed by atoms with Gasteiger partial charge in [-0.15, -0.1) is 0 Å². The van der Waals surface area contributed by atoms with E-state index in [9.17, 15) is 10.2 Å². The molecule has 1 saturated heterocycles. The predicted octanol–water partition coefficient (Wildman–Crippen LogP) is -1.89. The highest BCUT2D eigenvalue weighted by atomic mass is 16.6. The van der Waals surface area contributed by atoms with Crippen molar-refractivity contribution in [3.05, 3.63) is 0 Å². The van der Waals surface area contributed by atoms with Crippen LogP contribution in [0.5, 0.6) is 0 Å². The summed E-state index contributed by atoms with van der Waals surface area (Å²) in [6.07, 6.45) is -2.47. The van der Waals surface area contributed by atoms with Crippen LogP contribution in [0.3, 0.4) is 0 Å². The van der Waals surface area contributed by atoms with Crippen LogP contribution in [0.4, 0.5) is 0 Å². The van der Waals surface area contributed by atoms with E-state index in [1.807, 2.05) is 0 Å². The predicted molar refractivity (Wildman–Crippen MR) is 39.2 cm³/mol. The van der Waals surface area contributed by atoms with Crippen LogP contribution < -0.4 is 0 Å². The molecule has 2 radical (unpaired) electrons. The Kier molecular flexibility index (Phi) is 2.89. The van der Waals surface area contributed by atoms with Crippen LogP contribution in [0.15, 0.2) is 0 Å². The second-order valence-corrected chi connectivity index (χ2v) is 2.73. The average molecular weight is 159 g/mol. The summed E-state index contributed by atoms with van der Waals surface area (Å²) in [5, 5.41) is 18.5. The summed E-state index contributed by atoms with van der Waals surface area (Å²) in [6, 6.07) is 0. The molecule has 2 unspecified atom stereocenters. The molecule has 4 atom stereocenters. The number of hydrogen-bond donors (Lipinski definition) is 2. The highest BCUT2D eigenvalue weighted by Crippen LogP contribution is 2.20. The van der Waals surface area contributed by atoms with E-state index in [2.05, 4.69) is 4.65 Å². The number of aliphatic hydroxyl groups excluding tert-OH is 2. The summed E-state index contributed by atoms with van der Waals surface area (Å²) in [4.78, 5) is 0. The fraction of sp³-hybridized carbons (Fsp3) is 1.00. The molecule has 3 N–H and O–H groups in total. The quantitative estimate of drug-likeness (QED) is 0.365. The lowest BCUT2D eigenvalue weighted by Gasteiger charge is -2.10. The van der Waals surface area contributed by atoms with Crippen LogP contribution in [-0.2, 0) is 4.74 Å². The molecule has 0 spiro atoms. The van der Waals surface area contributed by atoms with Gasteiger partial charge >= 0.3 is 8.05 Å².